The normalized spacial score (nSPS) is 13.3. The van der Waals surface area contributed by atoms with Crippen LogP contribution in [0.2, 0.25) is 0 Å². The molecule has 0 aliphatic heterocycles. The minimum atomic E-state index is -4.94. The molecule has 1 unspecified atom stereocenters. The Kier molecular flexibility index (Phi) is 6.36. The quantitative estimate of drug-likeness (QED) is 0.501. The van der Waals surface area contributed by atoms with Crippen molar-refractivity contribution in [3.8, 4) is 11.8 Å². The van der Waals surface area contributed by atoms with Gasteiger partial charge >= 0.3 is 6.18 Å². The van der Waals surface area contributed by atoms with Crippen LogP contribution in [0.1, 0.15) is 17.5 Å². The summed E-state index contributed by atoms with van der Waals surface area (Å²) < 4.78 is 68.0. The Morgan fingerprint density at radius 1 is 1.33 bits per heavy atom. The number of aliphatic hydroxyl groups excluding tert-OH is 1. The van der Waals surface area contributed by atoms with Crippen LogP contribution >= 0.6 is 22.6 Å². The number of halogens is 4. The minimum absolute atomic E-state index is 0.0682. The Hall–Kier alpha value is -1.87. The molecule has 1 aromatic heterocycles. The van der Waals surface area contributed by atoms with Gasteiger partial charge in [0.1, 0.15) is 6.10 Å². The maximum Gasteiger partial charge on any atom is 0.404 e. The molecule has 27 heavy (non-hydrogen) atoms. The number of aromatic hydroxyl groups is 1. The highest BCUT2D eigenvalue weighted by atomic mass is 127. The summed E-state index contributed by atoms with van der Waals surface area (Å²) >= 11 is 1.70. The van der Waals surface area contributed by atoms with Gasteiger partial charge in [-0.3, -0.25) is 4.72 Å². The first kappa shape index (κ1) is 21.4. The Bertz CT molecular complexity index is 940. The highest BCUT2D eigenvalue weighted by molar-refractivity contribution is 14.1. The van der Waals surface area contributed by atoms with E-state index in [1.165, 1.54) is 25.3 Å². The summed E-state index contributed by atoms with van der Waals surface area (Å²) in [5, 5.41) is 20.1. The number of rotatable bonds is 6. The fourth-order valence-corrected chi connectivity index (χ4v) is 3.96. The third-order valence-corrected chi connectivity index (χ3v) is 5.23. The summed E-state index contributed by atoms with van der Waals surface area (Å²) in [5.74, 6) is -3.00. The highest BCUT2D eigenvalue weighted by Crippen LogP contribution is 2.33. The smallest absolute Gasteiger partial charge is 0.404 e. The summed E-state index contributed by atoms with van der Waals surface area (Å²) in [4.78, 5) is 7.49. The Labute approximate surface area is 165 Å². The van der Waals surface area contributed by atoms with Crippen LogP contribution in [0.15, 0.2) is 24.3 Å². The maximum atomic E-state index is 12.5. The van der Waals surface area contributed by atoms with E-state index in [1.807, 2.05) is 4.72 Å². The third-order valence-electron chi connectivity index (χ3n) is 3.11. The van der Waals surface area contributed by atoms with Crippen LogP contribution in [0.3, 0.4) is 0 Å². The van der Waals surface area contributed by atoms with Crippen molar-refractivity contribution in [1.29, 1.82) is 0 Å². The van der Waals surface area contributed by atoms with Crippen molar-refractivity contribution in [3.05, 3.63) is 39.2 Å². The second-order valence-electron chi connectivity index (χ2n) is 5.21. The lowest BCUT2D eigenvalue weighted by Crippen LogP contribution is -2.28. The molecular formula is C14H13F3IN3O5S. The van der Waals surface area contributed by atoms with Crippen molar-refractivity contribution in [2.75, 3.05) is 17.6 Å². The van der Waals surface area contributed by atoms with E-state index in [0.717, 1.165) is 6.07 Å². The standard InChI is InChI=1S/C14H13F3IN3O5S/c1-26-10-5-9(22)19-13(20-10)12(23)7-3-2-4-8(18)11(7)21-27(24,25)6-14(15,16)17/h2-5,12,21,23H,6H2,1H3,(H,19,20,22). The van der Waals surface area contributed by atoms with E-state index in [0.29, 0.717) is 0 Å². The van der Waals surface area contributed by atoms with E-state index < -0.39 is 33.9 Å². The van der Waals surface area contributed by atoms with Gasteiger partial charge in [-0.05, 0) is 28.7 Å². The monoisotopic (exact) mass is 519 g/mol. The summed E-state index contributed by atoms with van der Waals surface area (Å²) in [6.45, 7) is 0. The Morgan fingerprint density at radius 3 is 2.59 bits per heavy atom. The third kappa shape index (κ3) is 5.80. The molecule has 0 amide bonds. The molecule has 148 valence electrons. The molecule has 1 heterocycles. The molecule has 0 aliphatic rings. The fraction of sp³-hybridized carbons (Fsp3) is 0.286. The van der Waals surface area contributed by atoms with Gasteiger partial charge < -0.3 is 14.9 Å². The molecule has 0 bridgehead atoms. The molecule has 2 rings (SSSR count). The lowest BCUT2D eigenvalue weighted by molar-refractivity contribution is -0.106. The van der Waals surface area contributed by atoms with Crippen molar-refractivity contribution in [2.24, 2.45) is 0 Å². The number of sulfonamides is 1. The second-order valence-corrected chi connectivity index (χ2v) is 8.09. The molecule has 3 N–H and O–H groups in total. The molecule has 0 saturated carbocycles. The van der Waals surface area contributed by atoms with Crippen LogP contribution in [0.4, 0.5) is 18.9 Å². The second kappa shape index (κ2) is 8.02. The average Bonchev–Trinajstić information content (AvgIpc) is 2.53. The fourth-order valence-electron chi connectivity index (χ4n) is 2.08. The van der Waals surface area contributed by atoms with Crippen LogP contribution < -0.4 is 9.46 Å². The van der Waals surface area contributed by atoms with Crippen molar-refractivity contribution in [2.45, 2.75) is 12.3 Å². The van der Waals surface area contributed by atoms with Crippen LogP contribution in [-0.4, -0.2) is 47.6 Å². The lowest BCUT2D eigenvalue weighted by Gasteiger charge is -2.18. The molecule has 0 aliphatic carbocycles. The molecule has 0 spiro atoms. The number of nitrogens with zero attached hydrogens (tertiary/aromatic N) is 2. The predicted octanol–water partition coefficient (Wildman–Crippen LogP) is 2.18. The summed E-state index contributed by atoms with van der Waals surface area (Å²) in [6, 6.07) is 5.27. The molecular weight excluding hydrogens is 506 g/mol. The number of alkyl halides is 3. The van der Waals surface area contributed by atoms with E-state index in [4.69, 9.17) is 4.74 Å². The van der Waals surface area contributed by atoms with Gasteiger partial charge in [0.2, 0.25) is 21.8 Å². The number of aromatic nitrogens is 2. The first-order valence-electron chi connectivity index (χ1n) is 7.07. The number of methoxy groups -OCH3 is 1. The molecule has 8 nitrogen and oxygen atoms in total. The summed E-state index contributed by atoms with van der Waals surface area (Å²) in [7, 11) is -3.52. The van der Waals surface area contributed by atoms with Crippen LogP contribution in [-0.2, 0) is 10.0 Å². The predicted molar refractivity (Wildman–Crippen MR) is 96.9 cm³/mol. The minimum Gasteiger partial charge on any atom is -0.493 e. The molecule has 1 atom stereocenters. The van der Waals surface area contributed by atoms with E-state index in [1.54, 1.807) is 22.6 Å². The first-order chi connectivity index (χ1) is 12.4. The number of aliphatic hydroxyl groups is 1. The number of hydrogen-bond acceptors (Lipinski definition) is 7. The van der Waals surface area contributed by atoms with Gasteiger partial charge in [-0.1, -0.05) is 12.1 Å². The highest BCUT2D eigenvalue weighted by Gasteiger charge is 2.36. The average molecular weight is 519 g/mol. The maximum absolute atomic E-state index is 12.5. The van der Waals surface area contributed by atoms with E-state index in [2.05, 4.69) is 9.97 Å². The number of anilines is 1. The zero-order valence-corrected chi connectivity index (χ0v) is 16.5. The van der Waals surface area contributed by atoms with Crippen LogP contribution in [0, 0.1) is 3.57 Å². The van der Waals surface area contributed by atoms with Crippen molar-refractivity contribution in [3.63, 3.8) is 0 Å². The van der Waals surface area contributed by atoms with Gasteiger partial charge in [-0.2, -0.15) is 23.1 Å². The number of ether oxygens (including phenoxy) is 1. The van der Waals surface area contributed by atoms with Crippen LogP contribution in [0.25, 0.3) is 0 Å². The zero-order chi connectivity index (χ0) is 20.4. The molecule has 0 radical (unpaired) electrons. The number of benzene rings is 1. The van der Waals surface area contributed by atoms with Crippen molar-refractivity contribution < 1.29 is 36.5 Å². The van der Waals surface area contributed by atoms with Gasteiger partial charge in [-0.25, -0.2) is 8.42 Å². The topological polar surface area (TPSA) is 122 Å². The Morgan fingerprint density at radius 2 is 2.00 bits per heavy atom. The van der Waals surface area contributed by atoms with E-state index >= 15 is 0 Å². The van der Waals surface area contributed by atoms with Gasteiger partial charge in [-0.15, -0.1) is 0 Å². The van der Waals surface area contributed by atoms with E-state index in [-0.39, 0.29) is 26.5 Å². The SMILES string of the molecule is COc1cc(O)nc(C(O)c2cccc(I)c2NS(=O)(=O)CC(F)(F)F)n1. The zero-order valence-electron chi connectivity index (χ0n) is 13.5. The van der Waals surface area contributed by atoms with Crippen molar-refractivity contribution >= 4 is 38.3 Å². The molecule has 1 aromatic carbocycles. The summed E-state index contributed by atoms with van der Waals surface area (Å²) in [6.07, 6.45) is -6.59. The molecule has 2 aromatic rings. The molecule has 0 fully saturated rings. The summed E-state index contributed by atoms with van der Waals surface area (Å²) in [5.41, 5.74) is -0.346. The van der Waals surface area contributed by atoms with E-state index in [9.17, 15) is 31.8 Å². The van der Waals surface area contributed by atoms with Gasteiger partial charge in [0.05, 0.1) is 18.9 Å². The number of hydrogen-bond donors (Lipinski definition) is 3. The molecule has 13 heteroatoms. The van der Waals surface area contributed by atoms with Crippen molar-refractivity contribution in [1.82, 2.24) is 9.97 Å². The Balaban J connectivity index is 2.47. The largest absolute Gasteiger partial charge is 0.493 e. The first-order valence-corrected chi connectivity index (χ1v) is 9.80. The number of para-hydroxylation sites is 1. The molecule has 0 saturated heterocycles. The lowest BCUT2D eigenvalue weighted by atomic mass is 10.1. The van der Waals surface area contributed by atoms with Crippen LogP contribution in [0.5, 0.6) is 11.8 Å². The number of nitrogens with one attached hydrogen (secondary N) is 1. The van der Waals surface area contributed by atoms with Gasteiger partial charge in [0.15, 0.2) is 11.6 Å². The van der Waals surface area contributed by atoms with Gasteiger partial charge in [0.25, 0.3) is 0 Å². The van der Waals surface area contributed by atoms with Gasteiger partial charge in [0, 0.05) is 9.13 Å².